The van der Waals surface area contributed by atoms with Gasteiger partial charge in [-0.2, -0.15) is 0 Å². The average molecular weight is 239 g/mol. The van der Waals surface area contributed by atoms with E-state index in [9.17, 15) is 5.11 Å². The fourth-order valence-corrected chi connectivity index (χ4v) is 3.10. The molecule has 1 aromatic heterocycles. The Bertz CT molecular complexity index is 300. The predicted octanol–water partition coefficient (Wildman–Crippen LogP) is 2.95. The maximum absolute atomic E-state index is 9.92. The van der Waals surface area contributed by atoms with Crippen LogP contribution >= 0.6 is 11.3 Å². The van der Waals surface area contributed by atoms with E-state index in [4.69, 9.17) is 0 Å². The summed E-state index contributed by atoms with van der Waals surface area (Å²) >= 11 is 1.62. The van der Waals surface area contributed by atoms with Crippen LogP contribution in [0.3, 0.4) is 0 Å². The van der Waals surface area contributed by atoms with E-state index in [0.29, 0.717) is 12.0 Å². The first kappa shape index (κ1) is 12.1. The minimum absolute atomic E-state index is 0.339. The van der Waals surface area contributed by atoms with Crippen LogP contribution in [-0.4, -0.2) is 18.2 Å². The molecule has 2 N–H and O–H groups in total. The summed E-state index contributed by atoms with van der Waals surface area (Å²) in [5, 5.41) is 15.4. The highest BCUT2D eigenvalue weighted by molar-refractivity contribution is 7.10. The highest BCUT2D eigenvalue weighted by Crippen LogP contribution is 2.43. The predicted molar refractivity (Wildman–Crippen MR) is 68.7 cm³/mol. The number of aliphatic hydroxyl groups is 1. The smallest absolute Gasteiger partial charge is 0.101 e. The minimum atomic E-state index is -0.339. The minimum Gasteiger partial charge on any atom is -0.386 e. The molecule has 1 aromatic rings. The zero-order valence-corrected chi connectivity index (χ0v) is 10.7. The summed E-state index contributed by atoms with van der Waals surface area (Å²) in [7, 11) is 0. The van der Waals surface area contributed by atoms with E-state index in [1.165, 1.54) is 25.7 Å². The lowest BCUT2D eigenvalue weighted by Gasteiger charge is -2.41. The lowest BCUT2D eigenvalue weighted by Crippen LogP contribution is -2.40. The Balaban J connectivity index is 1.72. The number of nitrogens with one attached hydrogen (secondary N) is 1. The molecule has 0 amide bonds. The molecule has 1 aliphatic carbocycles. The van der Waals surface area contributed by atoms with Crippen molar-refractivity contribution in [2.75, 3.05) is 13.1 Å². The normalized spacial score (nSPS) is 20.4. The second-order valence-electron chi connectivity index (χ2n) is 4.87. The van der Waals surface area contributed by atoms with E-state index < -0.39 is 0 Å². The van der Waals surface area contributed by atoms with Crippen LogP contribution in [0.15, 0.2) is 17.5 Å². The van der Waals surface area contributed by atoms with Gasteiger partial charge in [-0.25, -0.2) is 0 Å². The first-order chi connectivity index (χ1) is 7.76. The molecule has 1 unspecified atom stereocenters. The van der Waals surface area contributed by atoms with Crippen molar-refractivity contribution in [2.24, 2.45) is 5.41 Å². The third kappa shape index (κ3) is 2.65. The Morgan fingerprint density at radius 3 is 2.88 bits per heavy atom. The third-order valence-corrected chi connectivity index (χ3v) is 4.85. The van der Waals surface area contributed by atoms with E-state index >= 15 is 0 Å². The van der Waals surface area contributed by atoms with Crippen LogP contribution in [0.5, 0.6) is 0 Å². The largest absolute Gasteiger partial charge is 0.386 e. The zero-order valence-electron chi connectivity index (χ0n) is 9.91. The summed E-state index contributed by atoms with van der Waals surface area (Å²) in [6.07, 6.45) is 5.00. The van der Waals surface area contributed by atoms with Gasteiger partial charge in [0.1, 0.15) is 6.10 Å². The summed E-state index contributed by atoms with van der Waals surface area (Å²) in [5.74, 6) is 0. The van der Waals surface area contributed by atoms with Gasteiger partial charge in [0, 0.05) is 18.0 Å². The summed E-state index contributed by atoms with van der Waals surface area (Å²) < 4.78 is 0. The molecule has 1 fully saturated rings. The Kier molecular flexibility index (Phi) is 4.00. The highest BCUT2D eigenvalue weighted by atomic mass is 32.1. The van der Waals surface area contributed by atoms with Crippen LogP contribution in [0.25, 0.3) is 0 Å². The van der Waals surface area contributed by atoms with Crippen molar-refractivity contribution >= 4 is 11.3 Å². The molecule has 1 saturated carbocycles. The molecule has 0 radical (unpaired) electrons. The third-order valence-electron chi connectivity index (χ3n) is 3.87. The molecule has 0 saturated heterocycles. The van der Waals surface area contributed by atoms with Crippen LogP contribution in [0.1, 0.15) is 43.6 Å². The summed E-state index contributed by atoms with van der Waals surface area (Å²) in [6.45, 7) is 4.02. The molecule has 1 heterocycles. The summed E-state index contributed by atoms with van der Waals surface area (Å²) in [5.41, 5.74) is 0.537. The van der Waals surface area contributed by atoms with Gasteiger partial charge in [-0.3, -0.25) is 0 Å². The topological polar surface area (TPSA) is 32.3 Å². The van der Waals surface area contributed by atoms with Crippen molar-refractivity contribution in [1.82, 2.24) is 5.32 Å². The van der Waals surface area contributed by atoms with Crippen LogP contribution in [-0.2, 0) is 0 Å². The molecule has 2 nitrogen and oxygen atoms in total. The molecule has 0 aliphatic heterocycles. The Morgan fingerprint density at radius 2 is 2.38 bits per heavy atom. The van der Waals surface area contributed by atoms with E-state index in [2.05, 4.69) is 12.2 Å². The standard InChI is InChI=1S/C13H21NOS/c1-2-13(6-4-7-13)10-14-9-11(15)12-5-3-8-16-12/h3,5,8,11,14-15H,2,4,6-7,9-10H2,1H3. The van der Waals surface area contributed by atoms with E-state index in [1.54, 1.807) is 11.3 Å². The first-order valence-electron chi connectivity index (χ1n) is 6.18. The van der Waals surface area contributed by atoms with Gasteiger partial charge in [-0.15, -0.1) is 11.3 Å². The lowest BCUT2D eigenvalue weighted by atomic mass is 9.67. The van der Waals surface area contributed by atoms with Crippen LogP contribution in [0.4, 0.5) is 0 Å². The number of aliphatic hydroxyl groups excluding tert-OH is 1. The number of hydrogen-bond donors (Lipinski definition) is 2. The fourth-order valence-electron chi connectivity index (χ4n) is 2.39. The molecule has 2 rings (SSSR count). The van der Waals surface area contributed by atoms with Crippen molar-refractivity contribution in [1.29, 1.82) is 0 Å². The van der Waals surface area contributed by atoms with Gasteiger partial charge in [-0.1, -0.05) is 19.4 Å². The molecule has 3 heteroatoms. The zero-order chi connectivity index (χ0) is 11.4. The second kappa shape index (κ2) is 5.30. The van der Waals surface area contributed by atoms with Crippen LogP contribution in [0.2, 0.25) is 0 Å². The van der Waals surface area contributed by atoms with Gasteiger partial charge in [0.15, 0.2) is 0 Å². The number of rotatable bonds is 6. The molecule has 1 aliphatic rings. The Labute approximate surface area is 102 Å². The monoisotopic (exact) mass is 239 g/mol. The lowest BCUT2D eigenvalue weighted by molar-refractivity contribution is 0.111. The van der Waals surface area contributed by atoms with Crippen molar-refractivity contribution in [3.8, 4) is 0 Å². The highest BCUT2D eigenvalue weighted by Gasteiger charge is 2.34. The molecule has 0 spiro atoms. The van der Waals surface area contributed by atoms with Crippen molar-refractivity contribution in [2.45, 2.75) is 38.7 Å². The molecule has 16 heavy (non-hydrogen) atoms. The van der Waals surface area contributed by atoms with Gasteiger partial charge in [0.25, 0.3) is 0 Å². The quantitative estimate of drug-likeness (QED) is 0.800. The van der Waals surface area contributed by atoms with Crippen molar-refractivity contribution < 1.29 is 5.11 Å². The molecule has 0 bridgehead atoms. The maximum Gasteiger partial charge on any atom is 0.101 e. The summed E-state index contributed by atoms with van der Waals surface area (Å²) in [4.78, 5) is 1.06. The molecular formula is C13H21NOS. The van der Waals surface area contributed by atoms with Gasteiger partial charge in [0.2, 0.25) is 0 Å². The average Bonchev–Trinajstić information content (AvgIpc) is 2.75. The summed E-state index contributed by atoms with van der Waals surface area (Å²) in [6, 6.07) is 3.98. The van der Waals surface area contributed by atoms with Crippen LogP contribution < -0.4 is 5.32 Å². The Hall–Kier alpha value is -0.380. The number of hydrogen-bond acceptors (Lipinski definition) is 3. The molecule has 0 aromatic carbocycles. The first-order valence-corrected chi connectivity index (χ1v) is 7.06. The van der Waals surface area contributed by atoms with Crippen LogP contribution in [0, 0.1) is 5.41 Å². The van der Waals surface area contributed by atoms with E-state index in [0.717, 1.165) is 11.4 Å². The van der Waals surface area contributed by atoms with Gasteiger partial charge in [-0.05, 0) is 36.1 Å². The molecule has 90 valence electrons. The van der Waals surface area contributed by atoms with Gasteiger partial charge >= 0.3 is 0 Å². The van der Waals surface area contributed by atoms with Crippen molar-refractivity contribution in [3.05, 3.63) is 22.4 Å². The SMILES string of the molecule is CCC1(CNCC(O)c2cccs2)CCC1. The van der Waals surface area contributed by atoms with Gasteiger partial charge < -0.3 is 10.4 Å². The molecular weight excluding hydrogens is 218 g/mol. The maximum atomic E-state index is 9.92. The van der Waals surface area contributed by atoms with Crippen molar-refractivity contribution in [3.63, 3.8) is 0 Å². The number of thiophene rings is 1. The molecule has 1 atom stereocenters. The second-order valence-corrected chi connectivity index (χ2v) is 5.85. The van der Waals surface area contributed by atoms with E-state index in [-0.39, 0.29) is 6.10 Å². The van der Waals surface area contributed by atoms with E-state index in [1.807, 2.05) is 17.5 Å². The Morgan fingerprint density at radius 1 is 1.56 bits per heavy atom. The fraction of sp³-hybridized carbons (Fsp3) is 0.692. The van der Waals surface area contributed by atoms with Gasteiger partial charge in [0.05, 0.1) is 0 Å².